The minimum absolute atomic E-state index is 0.226. The van der Waals surface area contributed by atoms with E-state index in [1.807, 2.05) is 20.8 Å². The number of hydrogen-bond donors (Lipinski definition) is 1. The summed E-state index contributed by atoms with van der Waals surface area (Å²) in [7, 11) is 0. The molecule has 0 rings (SSSR count). The smallest absolute Gasteiger partial charge is 0.323 e. The molecule has 2 unspecified atom stereocenters. The lowest BCUT2D eigenvalue weighted by Crippen LogP contribution is -2.36. The van der Waals surface area contributed by atoms with E-state index >= 15 is 0 Å². The minimum atomic E-state index is -0.519. The van der Waals surface area contributed by atoms with Crippen molar-refractivity contribution in [1.29, 1.82) is 0 Å². The van der Waals surface area contributed by atoms with Gasteiger partial charge in [-0.05, 0) is 26.2 Å². The summed E-state index contributed by atoms with van der Waals surface area (Å²) < 4.78 is 10.3. The molecule has 4 nitrogen and oxygen atoms in total. The van der Waals surface area contributed by atoms with Crippen LogP contribution in [0.15, 0.2) is 0 Å². The molecular formula is C11H23NO3. The van der Waals surface area contributed by atoms with Gasteiger partial charge < -0.3 is 15.2 Å². The predicted molar refractivity (Wildman–Crippen MR) is 59.5 cm³/mol. The normalized spacial score (nSPS) is 15.1. The molecule has 4 heteroatoms. The molecule has 2 N–H and O–H groups in total. The van der Waals surface area contributed by atoms with Crippen molar-refractivity contribution in [3.05, 3.63) is 0 Å². The third-order valence-electron chi connectivity index (χ3n) is 1.90. The Morgan fingerprint density at radius 3 is 2.40 bits per heavy atom. The summed E-state index contributed by atoms with van der Waals surface area (Å²) in [5.74, 6) is 0.0608. The Balaban J connectivity index is 3.80. The number of hydrogen-bond acceptors (Lipinski definition) is 4. The van der Waals surface area contributed by atoms with E-state index in [1.165, 1.54) is 0 Å². The van der Waals surface area contributed by atoms with E-state index in [2.05, 4.69) is 0 Å². The Morgan fingerprint density at radius 1 is 1.33 bits per heavy atom. The quantitative estimate of drug-likeness (QED) is 0.653. The van der Waals surface area contributed by atoms with Crippen LogP contribution in [0.5, 0.6) is 0 Å². The summed E-state index contributed by atoms with van der Waals surface area (Å²) >= 11 is 0. The Hall–Kier alpha value is -0.610. The number of carbonyl (C=O) groups is 1. The topological polar surface area (TPSA) is 61.5 Å². The molecular weight excluding hydrogens is 194 g/mol. The Labute approximate surface area is 92.1 Å². The van der Waals surface area contributed by atoms with E-state index in [4.69, 9.17) is 15.2 Å². The molecule has 90 valence electrons. The van der Waals surface area contributed by atoms with Crippen LogP contribution in [0.25, 0.3) is 0 Å². The van der Waals surface area contributed by atoms with Gasteiger partial charge in [0.2, 0.25) is 0 Å². The zero-order chi connectivity index (χ0) is 11.8. The average Bonchev–Trinajstić information content (AvgIpc) is 2.13. The fourth-order valence-corrected chi connectivity index (χ4v) is 1.21. The highest BCUT2D eigenvalue weighted by atomic mass is 16.6. The van der Waals surface area contributed by atoms with Crippen molar-refractivity contribution in [3.63, 3.8) is 0 Å². The van der Waals surface area contributed by atoms with E-state index in [-0.39, 0.29) is 12.1 Å². The maximum Gasteiger partial charge on any atom is 0.323 e. The minimum Gasteiger partial charge on any atom is -0.459 e. The van der Waals surface area contributed by atoms with Gasteiger partial charge in [-0.25, -0.2) is 0 Å². The second kappa shape index (κ2) is 7.65. The predicted octanol–water partition coefficient (Wildman–Crippen LogP) is 1.33. The molecule has 0 bridgehead atoms. The summed E-state index contributed by atoms with van der Waals surface area (Å²) in [5.41, 5.74) is 5.68. The average molecular weight is 217 g/mol. The SMILES string of the molecule is CCOCC(C)OC(=O)C(N)CC(C)C. The van der Waals surface area contributed by atoms with Gasteiger partial charge in [-0.3, -0.25) is 4.79 Å². The molecule has 0 saturated heterocycles. The van der Waals surface area contributed by atoms with Gasteiger partial charge in [0.25, 0.3) is 0 Å². The van der Waals surface area contributed by atoms with Crippen LogP contribution in [0.4, 0.5) is 0 Å². The highest BCUT2D eigenvalue weighted by Gasteiger charge is 2.18. The molecule has 0 aromatic carbocycles. The van der Waals surface area contributed by atoms with Crippen molar-refractivity contribution >= 4 is 5.97 Å². The molecule has 0 aromatic rings. The summed E-state index contributed by atoms with van der Waals surface area (Å²) in [6.45, 7) is 8.80. The third-order valence-corrected chi connectivity index (χ3v) is 1.90. The lowest BCUT2D eigenvalue weighted by molar-refractivity contribution is -0.152. The van der Waals surface area contributed by atoms with E-state index in [9.17, 15) is 4.79 Å². The highest BCUT2D eigenvalue weighted by molar-refractivity contribution is 5.75. The number of esters is 1. The first-order chi connectivity index (χ1) is 6.97. The monoisotopic (exact) mass is 217 g/mol. The van der Waals surface area contributed by atoms with Crippen LogP contribution in [0.3, 0.4) is 0 Å². The van der Waals surface area contributed by atoms with E-state index in [0.717, 1.165) is 0 Å². The first-order valence-electron chi connectivity index (χ1n) is 5.51. The van der Waals surface area contributed by atoms with Crippen LogP contribution in [-0.4, -0.2) is 31.3 Å². The fourth-order valence-electron chi connectivity index (χ4n) is 1.21. The molecule has 0 heterocycles. The maximum absolute atomic E-state index is 11.4. The van der Waals surface area contributed by atoms with Crippen LogP contribution < -0.4 is 5.73 Å². The van der Waals surface area contributed by atoms with Crippen LogP contribution in [0.2, 0.25) is 0 Å². The Morgan fingerprint density at radius 2 is 1.93 bits per heavy atom. The molecule has 0 fully saturated rings. The molecule has 0 aliphatic carbocycles. The lowest BCUT2D eigenvalue weighted by Gasteiger charge is -2.17. The van der Waals surface area contributed by atoms with Crippen LogP contribution in [0.1, 0.15) is 34.1 Å². The lowest BCUT2D eigenvalue weighted by atomic mass is 10.1. The van der Waals surface area contributed by atoms with Gasteiger partial charge in [-0.1, -0.05) is 13.8 Å². The summed E-state index contributed by atoms with van der Waals surface area (Å²) in [5, 5.41) is 0. The molecule has 0 radical (unpaired) electrons. The first-order valence-corrected chi connectivity index (χ1v) is 5.51. The molecule has 0 aromatic heterocycles. The highest BCUT2D eigenvalue weighted by Crippen LogP contribution is 2.05. The van der Waals surface area contributed by atoms with Gasteiger partial charge in [-0.15, -0.1) is 0 Å². The van der Waals surface area contributed by atoms with Crippen molar-refractivity contribution < 1.29 is 14.3 Å². The zero-order valence-electron chi connectivity index (χ0n) is 10.2. The molecule has 0 aliphatic heterocycles. The van der Waals surface area contributed by atoms with Gasteiger partial charge in [0.1, 0.15) is 12.1 Å². The van der Waals surface area contributed by atoms with Crippen LogP contribution in [0, 0.1) is 5.92 Å². The largest absolute Gasteiger partial charge is 0.459 e. The molecule has 15 heavy (non-hydrogen) atoms. The van der Waals surface area contributed by atoms with E-state index in [0.29, 0.717) is 25.6 Å². The summed E-state index contributed by atoms with van der Waals surface area (Å²) in [4.78, 5) is 11.4. The van der Waals surface area contributed by atoms with Gasteiger partial charge in [-0.2, -0.15) is 0 Å². The van der Waals surface area contributed by atoms with Crippen molar-refractivity contribution in [1.82, 2.24) is 0 Å². The van der Waals surface area contributed by atoms with Crippen LogP contribution >= 0.6 is 0 Å². The van der Waals surface area contributed by atoms with Crippen molar-refractivity contribution in [2.24, 2.45) is 11.7 Å². The first kappa shape index (κ1) is 14.4. The number of rotatable bonds is 7. The molecule has 0 aliphatic rings. The van der Waals surface area contributed by atoms with Crippen molar-refractivity contribution in [2.75, 3.05) is 13.2 Å². The second-order valence-electron chi connectivity index (χ2n) is 4.14. The van der Waals surface area contributed by atoms with Crippen molar-refractivity contribution in [2.45, 2.75) is 46.3 Å². The van der Waals surface area contributed by atoms with Gasteiger partial charge in [0.15, 0.2) is 0 Å². The van der Waals surface area contributed by atoms with Gasteiger partial charge in [0, 0.05) is 6.61 Å². The van der Waals surface area contributed by atoms with Crippen molar-refractivity contribution in [3.8, 4) is 0 Å². The summed E-state index contributed by atoms with van der Waals surface area (Å²) in [6, 6.07) is -0.519. The molecule has 0 amide bonds. The summed E-state index contributed by atoms with van der Waals surface area (Å²) in [6.07, 6.45) is 0.427. The standard InChI is InChI=1S/C11H23NO3/c1-5-14-7-9(4)15-11(13)10(12)6-8(2)3/h8-10H,5-7,12H2,1-4H3. The Kier molecular flexibility index (Phi) is 7.34. The number of nitrogens with two attached hydrogens (primary N) is 1. The number of carbonyl (C=O) groups excluding carboxylic acids is 1. The third kappa shape index (κ3) is 7.33. The number of ether oxygens (including phenoxy) is 2. The molecule has 2 atom stereocenters. The van der Waals surface area contributed by atoms with Crippen LogP contribution in [-0.2, 0) is 14.3 Å². The van der Waals surface area contributed by atoms with E-state index < -0.39 is 6.04 Å². The van der Waals surface area contributed by atoms with Gasteiger partial charge in [0.05, 0.1) is 6.61 Å². The molecule has 0 saturated carbocycles. The maximum atomic E-state index is 11.4. The second-order valence-corrected chi connectivity index (χ2v) is 4.14. The van der Waals surface area contributed by atoms with Gasteiger partial charge >= 0.3 is 5.97 Å². The molecule has 0 spiro atoms. The van der Waals surface area contributed by atoms with E-state index in [1.54, 1.807) is 6.92 Å². The Bertz CT molecular complexity index is 183. The zero-order valence-corrected chi connectivity index (χ0v) is 10.2. The fraction of sp³-hybridized carbons (Fsp3) is 0.909.